The standard InChI is InChI=1S/C14H21N3OS/c1-4-7-15-14-16-12(18-8-5-10(2)3)11-6-9-19-13(11)17-14/h6,9-10H,4-5,7-8H2,1-3H3,(H,15,16,17). The van der Waals surface area contributed by atoms with E-state index < -0.39 is 0 Å². The molecule has 2 heterocycles. The summed E-state index contributed by atoms with van der Waals surface area (Å²) in [5.74, 6) is 2.00. The van der Waals surface area contributed by atoms with Gasteiger partial charge in [-0.1, -0.05) is 20.8 Å². The van der Waals surface area contributed by atoms with Crippen LogP contribution in [0.3, 0.4) is 0 Å². The molecule has 0 atom stereocenters. The summed E-state index contributed by atoms with van der Waals surface area (Å²) < 4.78 is 5.82. The number of hydrogen-bond acceptors (Lipinski definition) is 5. The molecule has 5 heteroatoms. The van der Waals surface area contributed by atoms with E-state index in [-0.39, 0.29) is 0 Å². The highest BCUT2D eigenvalue weighted by atomic mass is 32.1. The fraction of sp³-hybridized carbons (Fsp3) is 0.571. The van der Waals surface area contributed by atoms with Gasteiger partial charge < -0.3 is 10.1 Å². The molecule has 0 bridgehead atoms. The van der Waals surface area contributed by atoms with Crippen LogP contribution in [0, 0.1) is 5.92 Å². The van der Waals surface area contributed by atoms with E-state index >= 15 is 0 Å². The molecule has 0 fully saturated rings. The van der Waals surface area contributed by atoms with E-state index in [0.717, 1.165) is 29.6 Å². The van der Waals surface area contributed by atoms with Crippen LogP contribution in [0.1, 0.15) is 33.6 Å². The Balaban J connectivity index is 2.16. The molecule has 4 nitrogen and oxygen atoms in total. The molecule has 0 saturated heterocycles. The molecule has 2 aromatic rings. The molecule has 0 aromatic carbocycles. The normalized spacial score (nSPS) is 11.2. The van der Waals surface area contributed by atoms with E-state index in [1.54, 1.807) is 11.3 Å². The summed E-state index contributed by atoms with van der Waals surface area (Å²) in [6.07, 6.45) is 2.09. The van der Waals surface area contributed by atoms with Crippen molar-refractivity contribution in [2.24, 2.45) is 5.92 Å². The van der Waals surface area contributed by atoms with Crippen molar-refractivity contribution >= 4 is 27.5 Å². The molecular weight excluding hydrogens is 258 g/mol. The minimum absolute atomic E-state index is 0.637. The number of thiophene rings is 1. The van der Waals surface area contributed by atoms with Crippen LogP contribution in [0.5, 0.6) is 5.88 Å². The molecule has 0 spiro atoms. The molecule has 0 unspecified atom stereocenters. The first-order chi connectivity index (χ1) is 9.20. The average molecular weight is 279 g/mol. The number of anilines is 1. The van der Waals surface area contributed by atoms with E-state index in [0.29, 0.717) is 24.4 Å². The average Bonchev–Trinajstić information content (AvgIpc) is 2.84. The van der Waals surface area contributed by atoms with Crippen molar-refractivity contribution < 1.29 is 4.74 Å². The van der Waals surface area contributed by atoms with Crippen molar-refractivity contribution in [3.63, 3.8) is 0 Å². The summed E-state index contributed by atoms with van der Waals surface area (Å²) in [5, 5.41) is 6.26. The topological polar surface area (TPSA) is 47.0 Å². The SMILES string of the molecule is CCCNc1nc(OCCC(C)C)c2ccsc2n1. The first-order valence-corrected chi connectivity index (χ1v) is 7.70. The Hall–Kier alpha value is -1.36. The summed E-state index contributed by atoms with van der Waals surface area (Å²) in [5.41, 5.74) is 0. The van der Waals surface area contributed by atoms with Crippen molar-refractivity contribution in [2.45, 2.75) is 33.6 Å². The van der Waals surface area contributed by atoms with Crippen molar-refractivity contribution in [3.8, 4) is 5.88 Å². The largest absolute Gasteiger partial charge is 0.477 e. The number of fused-ring (bicyclic) bond motifs is 1. The van der Waals surface area contributed by atoms with E-state index in [9.17, 15) is 0 Å². The van der Waals surface area contributed by atoms with E-state index in [1.165, 1.54) is 0 Å². The van der Waals surface area contributed by atoms with Crippen LogP contribution in [0.2, 0.25) is 0 Å². The molecule has 1 N–H and O–H groups in total. The minimum atomic E-state index is 0.637. The smallest absolute Gasteiger partial charge is 0.227 e. The molecular formula is C14H21N3OS. The van der Waals surface area contributed by atoms with Gasteiger partial charge in [-0.3, -0.25) is 0 Å². The summed E-state index contributed by atoms with van der Waals surface area (Å²) in [4.78, 5) is 9.94. The molecule has 0 aliphatic heterocycles. The Labute approximate surface area is 118 Å². The fourth-order valence-electron chi connectivity index (χ4n) is 1.65. The quantitative estimate of drug-likeness (QED) is 0.834. The summed E-state index contributed by atoms with van der Waals surface area (Å²) in [6.45, 7) is 8.08. The van der Waals surface area contributed by atoms with Crippen LogP contribution in [0.15, 0.2) is 11.4 Å². The van der Waals surface area contributed by atoms with Gasteiger partial charge >= 0.3 is 0 Å². The van der Waals surface area contributed by atoms with Gasteiger partial charge in [0, 0.05) is 6.54 Å². The van der Waals surface area contributed by atoms with Crippen molar-refractivity contribution in [1.82, 2.24) is 9.97 Å². The highest BCUT2D eigenvalue weighted by Crippen LogP contribution is 2.28. The Bertz CT molecular complexity index is 524. The zero-order valence-corrected chi connectivity index (χ0v) is 12.6. The lowest BCUT2D eigenvalue weighted by Crippen LogP contribution is -2.07. The molecule has 19 heavy (non-hydrogen) atoms. The molecule has 2 aromatic heterocycles. The monoisotopic (exact) mass is 279 g/mol. The zero-order chi connectivity index (χ0) is 13.7. The van der Waals surface area contributed by atoms with Gasteiger partial charge in [-0.05, 0) is 30.2 Å². The molecule has 0 saturated carbocycles. The Kier molecular flexibility index (Phi) is 4.96. The van der Waals surface area contributed by atoms with Crippen molar-refractivity contribution in [1.29, 1.82) is 0 Å². The third-order valence-corrected chi connectivity index (χ3v) is 3.56. The lowest BCUT2D eigenvalue weighted by Gasteiger charge is -2.10. The van der Waals surface area contributed by atoms with Crippen LogP contribution in [-0.4, -0.2) is 23.1 Å². The maximum Gasteiger partial charge on any atom is 0.227 e. The van der Waals surface area contributed by atoms with Crippen LogP contribution >= 0.6 is 11.3 Å². The van der Waals surface area contributed by atoms with E-state index in [1.807, 2.05) is 11.4 Å². The second-order valence-corrected chi connectivity index (χ2v) is 5.84. The van der Waals surface area contributed by atoms with Gasteiger partial charge in [0.2, 0.25) is 11.8 Å². The predicted octanol–water partition coefficient (Wildman–Crippen LogP) is 3.94. The van der Waals surface area contributed by atoms with Crippen molar-refractivity contribution in [2.75, 3.05) is 18.5 Å². The van der Waals surface area contributed by atoms with Crippen LogP contribution in [0.4, 0.5) is 5.95 Å². The number of rotatable bonds is 7. The number of ether oxygens (including phenoxy) is 1. The molecule has 0 aliphatic rings. The number of aromatic nitrogens is 2. The first-order valence-electron chi connectivity index (χ1n) is 6.82. The number of nitrogens with one attached hydrogen (secondary N) is 1. The van der Waals surface area contributed by atoms with Gasteiger partial charge in [-0.25, -0.2) is 4.98 Å². The van der Waals surface area contributed by atoms with Gasteiger partial charge in [0.15, 0.2) is 0 Å². The summed E-state index contributed by atoms with van der Waals surface area (Å²) >= 11 is 1.62. The summed E-state index contributed by atoms with van der Waals surface area (Å²) in [7, 11) is 0. The van der Waals surface area contributed by atoms with Gasteiger partial charge in [-0.15, -0.1) is 11.3 Å². The van der Waals surface area contributed by atoms with Gasteiger partial charge in [0.25, 0.3) is 0 Å². The maximum absolute atomic E-state index is 5.82. The van der Waals surface area contributed by atoms with Crippen molar-refractivity contribution in [3.05, 3.63) is 11.4 Å². The summed E-state index contributed by atoms with van der Waals surface area (Å²) in [6, 6.07) is 2.02. The molecule has 0 radical (unpaired) electrons. The van der Waals surface area contributed by atoms with Crippen LogP contribution in [0.25, 0.3) is 10.2 Å². The van der Waals surface area contributed by atoms with Gasteiger partial charge in [0.1, 0.15) is 4.83 Å². The van der Waals surface area contributed by atoms with Gasteiger partial charge in [0.05, 0.1) is 12.0 Å². The van der Waals surface area contributed by atoms with Gasteiger partial charge in [-0.2, -0.15) is 4.98 Å². The molecule has 104 valence electrons. The lowest BCUT2D eigenvalue weighted by molar-refractivity contribution is 0.283. The highest BCUT2D eigenvalue weighted by Gasteiger charge is 2.10. The second kappa shape index (κ2) is 6.70. The zero-order valence-electron chi connectivity index (χ0n) is 11.8. The predicted molar refractivity (Wildman–Crippen MR) is 81.1 cm³/mol. The van der Waals surface area contributed by atoms with E-state index in [2.05, 4.69) is 36.1 Å². The number of hydrogen-bond donors (Lipinski definition) is 1. The maximum atomic E-state index is 5.82. The Morgan fingerprint density at radius 2 is 2.21 bits per heavy atom. The first kappa shape index (κ1) is 14.1. The Morgan fingerprint density at radius 1 is 1.37 bits per heavy atom. The molecule has 2 rings (SSSR count). The fourth-order valence-corrected chi connectivity index (χ4v) is 2.40. The highest BCUT2D eigenvalue weighted by molar-refractivity contribution is 7.16. The van der Waals surface area contributed by atoms with Crippen LogP contribution in [-0.2, 0) is 0 Å². The number of nitrogens with zero attached hydrogens (tertiary/aromatic N) is 2. The third-order valence-electron chi connectivity index (χ3n) is 2.76. The lowest BCUT2D eigenvalue weighted by atomic mass is 10.1. The molecule has 0 amide bonds. The molecule has 0 aliphatic carbocycles. The van der Waals surface area contributed by atoms with Crippen LogP contribution < -0.4 is 10.1 Å². The van der Waals surface area contributed by atoms with E-state index in [4.69, 9.17) is 4.74 Å². The third kappa shape index (κ3) is 3.80. The minimum Gasteiger partial charge on any atom is -0.477 e. The second-order valence-electron chi connectivity index (χ2n) is 4.95. The Morgan fingerprint density at radius 3 is 2.95 bits per heavy atom.